The van der Waals surface area contributed by atoms with E-state index in [0.717, 1.165) is 18.4 Å². The number of epoxide rings is 1. The van der Waals surface area contributed by atoms with Gasteiger partial charge in [0.2, 0.25) is 0 Å². The van der Waals surface area contributed by atoms with Crippen LogP contribution in [0.4, 0.5) is 0 Å². The molecule has 4 rings (SSSR count). The van der Waals surface area contributed by atoms with Crippen molar-refractivity contribution in [2.45, 2.75) is 69.4 Å². The Hall–Kier alpha value is -1.43. The molecule has 5 heteroatoms. The minimum absolute atomic E-state index is 0.0622. The molecule has 3 aliphatic rings. The predicted octanol–water partition coefficient (Wildman–Crippen LogP) is 2.33. The number of aliphatic hydroxyl groups is 1. The zero-order valence-electron chi connectivity index (χ0n) is 15.3. The van der Waals surface area contributed by atoms with Crippen LogP contribution in [0.3, 0.4) is 0 Å². The van der Waals surface area contributed by atoms with Gasteiger partial charge in [-0.2, -0.15) is 0 Å². The van der Waals surface area contributed by atoms with Gasteiger partial charge in [0.25, 0.3) is 0 Å². The average Bonchev–Trinajstić information content (AvgIpc) is 3.35. The van der Waals surface area contributed by atoms with Gasteiger partial charge in [-0.3, -0.25) is 9.69 Å². The first kappa shape index (κ1) is 18.4. The Labute approximate surface area is 149 Å². The van der Waals surface area contributed by atoms with Crippen molar-refractivity contribution in [3.8, 4) is 0 Å². The van der Waals surface area contributed by atoms with E-state index in [0.29, 0.717) is 24.3 Å². The van der Waals surface area contributed by atoms with Crippen LogP contribution >= 0.6 is 0 Å². The first-order chi connectivity index (χ1) is 12.1. The van der Waals surface area contributed by atoms with Crippen LogP contribution in [0.15, 0.2) is 30.3 Å². The molecule has 1 aromatic rings. The van der Waals surface area contributed by atoms with Gasteiger partial charge in [0.05, 0.1) is 6.61 Å². The number of ether oxygens (including phenoxy) is 2. The van der Waals surface area contributed by atoms with Crippen LogP contribution in [0.1, 0.15) is 44.6 Å². The molecule has 0 saturated carbocycles. The molecule has 1 aromatic carbocycles. The van der Waals surface area contributed by atoms with E-state index in [-0.39, 0.29) is 18.7 Å². The number of carbonyl (C=O) groups is 1. The van der Waals surface area contributed by atoms with Gasteiger partial charge in [0, 0.05) is 24.9 Å². The largest absolute Gasteiger partial charge is 0.462 e. The van der Waals surface area contributed by atoms with Crippen molar-refractivity contribution in [3.63, 3.8) is 0 Å². The summed E-state index contributed by atoms with van der Waals surface area (Å²) in [6.07, 6.45) is 3.51. The molecule has 3 saturated heterocycles. The summed E-state index contributed by atoms with van der Waals surface area (Å²) < 4.78 is 11.4. The van der Waals surface area contributed by atoms with Crippen molar-refractivity contribution in [1.82, 2.24) is 4.90 Å². The third-order valence-electron chi connectivity index (χ3n) is 5.33. The maximum absolute atomic E-state index is 12.4. The minimum atomic E-state index is -0.593. The van der Waals surface area contributed by atoms with Crippen LogP contribution < -0.4 is 0 Å². The molecule has 5 nitrogen and oxygen atoms in total. The molecule has 3 fully saturated rings. The van der Waals surface area contributed by atoms with Crippen molar-refractivity contribution >= 4 is 5.97 Å². The summed E-state index contributed by atoms with van der Waals surface area (Å²) in [6.45, 7) is 4.02. The highest BCUT2D eigenvalue weighted by atomic mass is 16.6. The fraction of sp³-hybridized carbons (Fsp3) is 0.650. The Morgan fingerprint density at radius 2 is 1.80 bits per heavy atom. The monoisotopic (exact) mass is 347 g/mol. The number of aliphatic hydroxyl groups excluding tert-OH is 1. The van der Waals surface area contributed by atoms with Gasteiger partial charge in [-0.05, 0) is 12.6 Å². The molecule has 25 heavy (non-hydrogen) atoms. The van der Waals surface area contributed by atoms with Crippen molar-refractivity contribution in [1.29, 1.82) is 0 Å². The summed E-state index contributed by atoms with van der Waals surface area (Å²) in [6, 6.07) is 10.1. The lowest BCUT2D eigenvalue weighted by molar-refractivity contribution is -0.156. The van der Waals surface area contributed by atoms with Gasteiger partial charge in [-0.1, -0.05) is 50.6 Å². The minimum Gasteiger partial charge on any atom is -0.462 e. The van der Waals surface area contributed by atoms with Gasteiger partial charge < -0.3 is 14.6 Å². The van der Waals surface area contributed by atoms with E-state index in [1.807, 2.05) is 30.3 Å². The number of piperidine rings is 1. The van der Waals surface area contributed by atoms with Crippen LogP contribution in [0, 0.1) is 0 Å². The molecule has 0 spiro atoms. The Kier molecular flexibility index (Phi) is 5.77. The predicted molar refractivity (Wildman–Crippen MR) is 95.3 cm³/mol. The van der Waals surface area contributed by atoms with Crippen molar-refractivity contribution in [3.05, 3.63) is 35.9 Å². The van der Waals surface area contributed by atoms with Crippen LogP contribution in [-0.4, -0.2) is 60.0 Å². The number of hydrogen-bond acceptors (Lipinski definition) is 5. The topological polar surface area (TPSA) is 62.3 Å². The zero-order chi connectivity index (χ0) is 18.0. The number of benzene rings is 1. The van der Waals surface area contributed by atoms with Gasteiger partial charge in [-0.25, -0.2) is 0 Å². The Morgan fingerprint density at radius 1 is 1.24 bits per heavy atom. The van der Waals surface area contributed by atoms with E-state index < -0.39 is 5.92 Å². The second-order valence-electron chi connectivity index (χ2n) is 7.25. The third kappa shape index (κ3) is 3.73. The highest BCUT2D eigenvalue weighted by Crippen LogP contribution is 2.48. The fourth-order valence-electron chi connectivity index (χ4n) is 4.04. The number of hydrogen-bond donors (Lipinski definition) is 1. The number of fused-ring (bicyclic) bond motifs is 5. The smallest absolute Gasteiger partial charge is 0.316 e. The van der Waals surface area contributed by atoms with E-state index in [4.69, 9.17) is 9.47 Å². The molecular formula is C20H29NO4. The lowest BCUT2D eigenvalue weighted by atomic mass is 9.97. The van der Waals surface area contributed by atoms with Crippen molar-refractivity contribution in [2.24, 2.45) is 0 Å². The standard InChI is InChI=1S/C17H21NO4.C3H8/c1-18-13-7-11(8-14(18)16-15(13)22-16)21-17(20)12(9-19)10-5-3-2-4-6-10;1-3-2/h2-6,11-16,19H,7-9H2,1H3;3H2,1-2H3. The van der Waals surface area contributed by atoms with E-state index in [1.54, 1.807) is 0 Å². The summed E-state index contributed by atoms with van der Waals surface area (Å²) in [5, 5.41) is 9.56. The van der Waals surface area contributed by atoms with E-state index in [1.165, 1.54) is 6.42 Å². The highest BCUT2D eigenvalue weighted by Gasteiger charge is 2.62. The summed E-state index contributed by atoms with van der Waals surface area (Å²) in [7, 11) is 2.13. The molecule has 1 N–H and O–H groups in total. The lowest BCUT2D eigenvalue weighted by Gasteiger charge is -2.38. The maximum atomic E-state index is 12.4. The van der Waals surface area contributed by atoms with E-state index >= 15 is 0 Å². The number of esters is 1. The Balaban J connectivity index is 0.000000569. The van der Waals surface area contributed by atoms with Crippen molar-refractivity contribution < 1.29 is 19.4 Å². The second kappa shape index (κ2) is 7.85. The number of carbonyl (C=O) groups excluding carboxylic acids is 1. The quantitative estimate of drug-likeness (QED) is 0.669. The lowest BCUT2D eigenvalue weighted by Crippen LogP contribution is -2.48. The zero-order valence-corrected chi connectivity index (χ0v) is 15.3. The molecular weight excluding hydrogens is 318 g/mol. The summed E-state index contributed by atoms with van der Waals surface area (Å²) in [5.41, 5.74) is 0.803. The molecule has 0 amide bonds. The SMILES string of the molecule is CCC.CN1C2CC(OC(=O)C(CO)c3ccccc3)CC1C1OC12. The summed E-state index contributed by atoms with van der Waals surface area (Å²) >= 11 is 0. The van der Waals surface area contributed by atoms with Gasteiger partial charge in [0.15, 0.2) is 0 Å². The van der Waals surface area contributed by atoms with Gasteiger partial charge in [0.1, 0.15) is 24.2 Å². The molecule has 0 aromatic heterocycles. The molecule has 5 unspecified atom stereocenters. The van der Waals surface area contributed by atoms with Gasteiger partial charge in [-0.15, -0.1) is 0 Å². The highest BCUT2D eigenvalue weighted by molar-refractivity contribution is 5.78. The first-order valence-corrected chi connectivity index (χ1v) is 9.34. The maximum Gasteiger partial charge on any atom is 0.316 e. The second-order valence-corrected chi connectivity index (χ2v) is 7.25. The van der Waals surface area contributed by atoms with Crippen LogP contribution in [0.25, 0.3) is 0 Å². The number of rotatable bonds is 4. The first-order valence-electron chi connectivity index (χ1n) is 9.34. The number of nitrogens with zero attached hydrogens (tertiary/aromatic N) is 1. The van der Waals surface area contributed by atoms with E-state index in [9.17, 15) is 9.90 Å². The van der Waals surface area contributed by atoms with Crippen molar-refractivity contribution in [2.75, 3.05) is 13.7 Å². The number of likely N-dealkylation sites (N-methyl/N-ethyl adjacent to an activating group) is 1. The van der Waals surface area contributed by atoms with Crippen LogP contribution in [0.5, 0.6) is 0 Å². The summed E-state index contributed by atoms with van der Waals surface area (Å²) in [5.74, 6) is -0.915. The molecule has 2 bridgehead atoms. The Bertz CT molecular complexity index is 560. The number of morpholine rings is 1. The third-order valence-corrected chi connectivity index (χ3v) is 5.33. The van der Waals surface area contributed by atoms with Crippen LogP contribution in [-0.2, 0) is 14.3 Å². The normalized spacial score (nSPS) is 33.7. The van der Waals surface area contributed by atoms with Crippen LogP contribution in [0.2, 0.25) is 0 Å². The fourth-order valence-corrected chi connectivity index (χ4v) is 4.04. The molecule has 0 radical (unpaired) electrons. The van der Waals surface area contributed by atoms with E-state index in [2.05, 4.69) is 25.8 Å². The molecule has 5 atom stereocenters. The molecule has 3 heterocycles. The van der Waals surface area contributed by atoms with Gasteiger partial charge >= 0.3 is 5.97 Å². The average molecular weight is 347 g/mol. The summed E-state index contributed by atoms with van der Waals surface area (Å²) in [4.78, 5) is 14.8. The Morgan fingerprint density at radius 3 is 2.32 bits per heavy atom. The molecule has 0 aliphatic carbocycles. The molecule has 138 valence electrons. The molecule has 3 aliphatic heterocycles.